The molecule has 29 heavy (non-hydrogen) atoms. The fraction of sp³-hybridized carbons (Fsp3) is 0.333. The molecule has 1 aliphatic heterocycles. The number of hydrogen-bond donors (Lipinski definition) is 1. The van der Waals surface area contributed by atoms with Crippen molar-refractivity contribution in [1.82, 2.24) is 14.7 Å². The Kier molecular flexibility index (Phi) is 6.37. The van der Waals surface area contributed by atoms with Crippen LogP contribution in [0.2, 0.25) is 0 Å². The predicted octanol–water partition coefficient (Wildman–Crippen LogP) is 4.43. The molecule has 0 aliphatic carbocycles. The van der Waals surface area contributed by atoms with Crippen molar-refractivity contribution in [3.8, 4) is 5.69 Å². The monoisotopic (exact) mass is 388 g/mol. The third kappa shape index (κ3) is 5.55. The Morgan fingerprint density at radius 1 is 0.966 bits per heavy atom. The number of anilines is 1. The number of rotatable bonds is 7. The molecule has 1 amide bonds. The summed E-state index contributed by atoms with van der Waals surface area (Å²) in [5.74, 6) is 0.0348. The SMILES string of the molecule is O=C(CCc1cnn(-c2ccccc2)c1)Nc1cccc(CN2CCCCC2)c1. The zero-order valence-corrected chi connectivity index (χ0v) is 16.8. The number of benzene rings is 2. The summed E-state index contributed by atoms with van der Waals surface area (Å²) >= 11 is 0. The summed E-state index contributed by atoms with van der Waals surface area (Å²) in [5, 5.41) is 7.44. The second-order valence-corrected chi connectivity index (χ2v) is 7.71. The number of aryl methyl sites for hydroxylation is 1. The molecule has 1 fully saturated rings. The average molecular weight is 389 g/mol. The Morgan fingerprint density at radius 2 is 1.79 bits per heavy atom. The highest BCUT2D eigenvalue weighted by molar-refractivity contribution is 5.90. The number of likely N-dealkylation sites (tertiary alicyclic amines) is 1. The molecule has 1 N–H and O–H groups in total. The summed E-state index contributed by atoms with van der Waals surface area (Å²) in [5.41, 5.74) is 4.22. The lowest BCUT2D eigenvalue weighted by molar-refractivity contribution is -0.116. The second kappa shape index (κ2) is 9.52. The summed E-state index contributed by atoms with van der Waals surface area (Å²) in [7, 11) is 0. The van der Waals surface area contributed by atoms with E-state index in [-0.39, 0.29) is 5.91 Å². The molecule has 5 nitrogen and oxygen atoms in total. The van der Waals surface area contributed by atoms with Gasteiger partial charge in [-0.25, -0.2) is 4.68 Å². The Bertz CT molecular complexity index is 929. The molecule has 150 valence electrons. The van der Waals surface area contributed by atoms with Crippen LogP contribution >= 0.6 is 0 Å². The first-order valence-electron chi connectivity index (χ1n) is 10.5. The minimum Gasteiger partial charge on any atom is -0.326 e. The lowest BCUT2D eigenvalue weighted by atomic mass is 10.1. The van der Waals surface area contributed by atoms with Gasteiger partial charge in [-0.3, -0.25) is 9.69 Å². The molecule has 0 radical (unpaired) electrons. The van der Waals surface area contributed by atoms with E-state index >= 15 is 0 Å². The molecule has 1 aliphatic rings. The third-order valence-electron chi connectivity index (χ3n) is 5.36. The van der Waals surface area contributed by atoms with Crippen LogP contribution in [0.4, 0.5) is 5.69 Å². The van der Waals surface area contributed by atoms with Crippen LogP contribution in [-0.2, 0) is 17.8 Å². The zero-order valence-electron chi connectivity index (χ0n) is 16.8. The number of nitrogens with one attached hydrogen (secondary N) is 1. The predicted molar refractivity (Wildman–Crippen MR) is 116 cm³/mol. The zero-order chi connectivity index (χ0) is 19.9. The van der Waals surface area contributed by atoms with E-state index in [0.29, 0.717) is 12.8 Å². The number of carbonyl (C=O) groups is 1. The van der Waals surface area contributed by atoms with E-state index < -0.39 is 0 Å². The van der Waals surface area contributed by atoms with E-state index in [1.807, 2.05) is 59.5 Å². The van der Waals surface area contributed by atoms with Crippen molar-refractivity contribution < 1.29 is 4.79 Å². The van der Waals surface area contributed by atoms with Gasteiger partial charge in [0, 0.05) is 24.8 Å². The molecule has 1 saturated heterocycles. The van der Waals surface area contributed by atoms with Crippen molar-refractivity contribution in [2.75, 3.05) is 18.4 Å². The van der Waals surface area contributed by atoms with Crippen LogP contribution < -0.4 is 5.32 Å². The van der Waals surface area contributed by atoms with Crippen LogP contribution in [0.25, 0.3) is 5.69 Å². The molecule has 2 heterocycles. The molecule has 1 aromatic heterocycles. The van der Waals surface area contributed by atoms with Gasteiger partial charge in [-0.05, 0) is 67.7 Å². The molecule has 0 saturated carbocycles. The first-order chi connectivity index (χ1) is 14.3. The molecule has 0 atom stereocenters. The Morgan fingerprint density at radius 3 is 2.62 bits per heavy atom. The summed E-state index contributed by atoms with van der Waals surface area (Å²) in [6.07, 6.45) is 8.86. The molecule has 0 bridgehead atoms. The highest BCUT2D eigenvalue weighted by Crippen LogP contribution is 2.17. The van der Waals surface area contributed by atoms with Gasteiger partial charge in [0.05, 0.1) is 11.9 Å². The summed E-state index contributed by atoms with van der Waals surface area (Å²) in [4.78, 5) is 14.9. The standard InChI is InChI=1S/C24H28N4O/c29-24(13-12-21-17-25-28(19-21)23-10-3-1-4-11-23)26-22-9-7-8-20(16-22)18-27-14-5-2-6-15-27/h1,3-4,7-11,16-17,19H,2,5-6,12-15,18H2,(H,26,29). The summed E-state index contributed by atoms with van der Waals surface area (Å²) in [6.45, 7) is 3.31. The number of carbonyl (C=O) groups excluding carboxylic acids is 1. The van der Waals surface area contributed by atoms with Crippen molar-refractivity contribution in [2.45, 2.75) is 38.6 Å². The van der Waals surface area contributed by atoms with E-state index in [1.54, 1.807) is 0 Å². The molecule has 0 spiro atoms. The van der Waals surface area contributed by atoms with Crippen LogP contribution in [0.5, 0.6) is 0 Å². The van der Waals surface area contributed by atoms with Gasteiger partial charge in [0.15, 0.2) is 0 Å². The van der Waals surface area contributed by atoms with Crippen molar-refractivity contribution in [3.63, 3.8) is 0 Å². The maximum absolute atomic E-state index is 12.4. The minimum absolute atomic E-state index is 0.0348. The van der Waals surface area contributed by atoms with E-state index in [0.717, 1.165) is 23.5 Å². The smallest absolute Gasteiger partial charge is 0.224 e. The number of nitrogens with zero attached hydrogens (tertiary/aromatic N) is 3. The highest BCUT2D eigenvalue weighted by atomic mass is 16.1. The Balaban J connectivity index is 1.28. The van der Waals surface area contributed by atoms with Crippen LogP contribution in [-0.4, -0.2) is 33.7 Å². The summed E-state index contributed by atoms with van der Waals surface area (Å²) in [6, 6.07) is 18.2. The molecule has 4 rings (SSSR count). The lowest BCUT2D eigenvalue weighted by Crippen LogP contribution is -2.29. The van der Waals surface area contributed by atoms with Crippen molar-refractivity contribution in [2.24, 2.45) is 0 Å². The van der Waals surface area contributed by atoms with Gasteiger partial charge in [0.2, 0.25) is 5.91 Å². The number of piperidine rings is 1. The van der Waals surface area contributed by atoms with Gasteiger partial charge in [-0.2, -0.15) is 5.10 Å². The van der Waals surface area contributed by atoms with Crippen LogP contribution in [0.3, 0.4) is 0 Å². The number of amides is 1. The fourth-order valence-corrected chi connectivity index (χ4v) is 3.82. The second-order valence-electron chi connectivity index (χ2n) is 7.71. The first-order valence-corrected chi connectivity index (χ1v) is 10.5. The van der Waals surface area contributed by atoms with Gasteiger partial charge >= 0.3 is 0 Å². The molecular formula is C24H28N4O. The van der Waals surface area contributed by atoms with E-state index in [9.17, 15) is 4.79 Å². The normalized spacial score (nSPS) is 14.6. The first kappa shape index (κ1) is 19.4. The number of aromatic nitrogens is 2. The van der Waals surface area contributed by atoms with Crippen molar-refractivity contribution in [3.05, 3.63) is 78.1 Å². The van der Waals surface area contributed by atoms with E-state index in [2.05, 4.69) is 27.4 Å². The molecule has 3 aromatic rings. The fourth-order valence-electron chi connectivity index (χ4n) is 3.82. The average Bonchev–Trinajstić information content (AvgIpc) is 3.23. The molecule has 2 aromatic carbocycles. The Labute approximate surface area is 172 Å². The van der Waals surface area contributed by atoms with Crippen molar-refractivity contribution >= 4 is 11.6 Å². The van der Waals surface area contributed by atoms with E-state index in [4.69, 9.17) is 0 Å². The lowest BCUT2D eigenvalue weighted by Gasteiger charge is -2.26. The van der Waals surface area contributed by atoms with Gasteiger partial charge in [0.25, 0.3) is 0 Å². The third-order valence-corrected chi connectivity index (χ3v) is 5.36. The minimum atomic E-state index is 0.0348. The quantitative estimate of drug-likeness (QED) is 0.651. The molecule has 0 unspecified atom stereocenters. The van der Waals surface area contributed by atoms with Gasteiger partial charge in [0.1, 0.15) is 0 Å². The van der Waals surface area contributed by atoms with Crippen LogP contribution in [0.1, 0.15) is 36.8 Å². The number of hydrogen-bond acceptors (Lipinski definition) is 3. The maximum atomic E-state index is 12.4. The topological polar surface area (TPSA) is 50.2 Å². The molecular weight excluding hydrogens is 360 g/mol. The van der Waals surface area contributed by atoms with Crippen LogP contribution in [0, 0.1) is 0 Å². The van der Waals surface area contributed by atoms with E-state index in [1.165, 1.54) is 37.9 Å². The molecule has 5 heteroatoms. The summed E-state index contributed by atoms with van der Waals surface area (Å²) < 4.78 is 1.84. The Hall–Kier alpha value is -2.92. The van der Waals surface area contributed by atoms with Gasteiger partial charge < -0.3 is 5.32 Å². The number of para-hydroxylation sites is 1. The highest BCUT2D eigenvalue weighted by Gasteiger charge is 2.11. The van der Waals surface area contributed by atoms with Gasteiger partial charge in [-0.15, -0.1) is 0 Å². The maximum Gasteiger partial charge on any atom is 0.224 e. The van der Waals surface area contributed by atoms with Crippen molar-refractivity contribution in [1.29, 1.82) is 0 Å². The largest absolute Gasteiger partial charge is 0.326 e. The van der Waals surface area contributed by atoms with Gasteiger partial charge in [-0.1, -0.05) is 36.8 Å². The van der Waals surface area contributed by atoms with Crippen LogP contribution in [0.15, 0.2) is 67.0 Å².